The van der Waals surface area contributed by atoms with E-state index in [2.05, 4.69) is 39.8 Å². The largest absolute Gasteiger partial charge is 0.378 e. The van der Waals surface area contributed by atoms with Gasteiger partial charge in [0.15, 0.2) is 0 Å². The fraction of sp³-hybridized carbons (Fsp3) is 0.333. The predicted molar refractivity (Wildman–Crippen MR) is 106 cm³/mol. The van der Waals surface area contributed by atoms with Crippen LogP contribution in [0.15, 0.2) is 48.5 Å². The molecule has 0 bridgehead atoms. The molecular weight excluding hydrogens is 342 g/mol. The number of ether oxygens (including phenoxy) is 1. The van der Waals surface area contributed by atoms with Crippen molar-refractivity contribution in [3.63, 3.8) is 0 Å². The van der Waals surface area contributed by atoms with Crippen molar-refractivity contribution in [1.82, 2.24) is 5.32 Å². The minimum atomic E-state index is -0.650. The summed E-state index contributed by atoms with van der Waals surface area (Å²) in [5, 5.41) is 5.27. The molecule has 0 saturated carbocycles. The number of carbonyl (C=O) groups excluding carboxylic acids is 2. The first-order valence-electron chi connectivity index (χ1n) is 9.19. The standard InChI is InChI=1S/C21H25N3O3/c1-16-3-2-4-18(15-16)23-21(26)20(25)22-10-9-17-5-7-19(8-6-17)24-11-13-27-14-12-24/h2-8,15H,9-14H2,1H3,(H,22,25)(H,23,26). The highest BCUT2D eigenvalue weighted by Gasteiger charge is 2.13. The molecule has 0 radical (unpaired) electrons. The Balaban J connectivity index is 1.43. The van der Waals surface area contributed by atoms with Crippen LogP contribution in [-0.4, -0.2) is 44.7 Å². The molecular formula is C21H25N3O3. The second-order valence-corrected chi connectivity index (χ2v) is 6.60. The molecule has 2 N–H and O–H groups in total. The predicted octanol–water partition coefficient (Wildman–Crippen LogP) is 2.13. The van der Waals surface area contributed by atoms with Crippen LogP contribution in [0, 0.1) is 6.92 Å². The maximum absolute atomic E-state index is 11.9. The molecule has 0 spiro atoms. The lowest BCUT2D eigenvalue weighted by atomic mass is 10.1. The van der Waals surface area contributed by atoms with Crippen LogP contribution in [0.4, 0.5) is 11.4 Å². The summed E-state index contributed by atoms with van der Waals surface area (Å²) >= 11 is 0. The molecule has 1 aliphatic heterocycles. The SMILES string of the molecule is Cc1cccc(NC(=O)C(=O)NCCc2ccc(N3CCOCC3)cc2)c1. The van der Waals surface area contributed by atoms with Crippen molar-refractivity contribution >= 4 is 23.2 Å². The van der Waals surface area contributed by atoms with Crippen molar-refractivity contribution in [2.75, 3.05) is 43.1 Å². The summed E-state index contributed by atoms with van der Waals surface area (Å²) < 4.78 is 5.37. The molecule has 0 aromatic heterocycles. The van der Waals surface area contributed by atoms with Gasteiger partial charge in [-0.05, 0) is 48.7 Å². The van der Waals surface area contributed by atoms with E-state index in [9.17, 15) is 9.59 Å². The highest BCUT2D eigenvalue weighted by Crippen LogP contribution is 2.16. The van der Waals surface area contributed by atoms with Gasteiger partial charge in [-0.2, -0.15) is 0 Å². The summed E-state index contributed by atoms with van der Waals surface area (Å²) in [6, 6.07) is 15.6. The molecule has 2 aromatic rings. The summed E-state index contributed by atoms with van der Waals surface area (Å²) in [6.07, 6.45) is 0.673. The number of rotatable bonds is 5. The number of morpholine rings is 1. The Labute approximate surface area is 159 Å². The summed E-state index contributed by atoms with van der Waals surface area (Å²) in [7, 11) is 0. The second kappa shape index (κ2) is 9.19. The van der Waals surface area contributed by atoms with Gasteiger partial charge in [0.05, 0.1) is 13.2 Å². The Hall–Kier alpha value is -2.86. The lowest BCUT2D eigenvalue weighted by molar-refractivity contribution is -0.136. The zero-order valence-corrected chi connectivity index (χ0v) is 15.5. The summed E-state index contributed by atoms with van der Waals surface area (Å²) in [4.78, 5) is 26.2. The lowest BCUT2D eigenvalue weighted by Gasteiger charge is -2.28. The van der Waals surface area contributed by atoms with E-state index in [0.717, 1.165) is 37.4 Å². The van der Waals surface area contributed by atoms with Gasteiger partial charge in [-0.1, -0.05) is 24.3 Å². The third-order valence-corrected chi connectivity index (χ3v) is 4.49. The van der Waals surface area contributed by atoms with Crippen LogP contribution in [0.5, 0.6) is 0 Å². The number of nitrogens with zero attached hydrogens (tertiary/aromatic N) is 1. The number of nitrogens with one attached hydrogen (secondary N) is 2. The van der Waals surface area contributed by atoms with Crippen LogP contribution in [0.2, 0.25) is 0 Å². The Bertz CT molecular complexity index is 784. The molecule has 0 unspecified atom stereocenters. The molecule has 0 atom stereocenters. The smallest absolute Gasteiger partial charge is 0.313 e. The zero-order valence-electron chi connectivity index (χ0n) is 15.5. The van der Waals surface area contributed by atoms with Crippen LogP contribution in [0.3, 0.4) is 0 Å². The van der Waals surface area contributed by atoms with Gasteiger partial charge in [0.1, 0.15) is 0 Å². The topological polar surface area (TPSA) is 70.7 Å². The molecule has 1 aliphatic rings. The van der Waals surface area contributed by atoms with Crippen LogP contribution < -0.4 is 15.5 Å². The first-order chi connectivity index (χ1) is 13.1. The molecule has 6 heteroatoms. The fourth-order valence-electron chi connectivity index (χ4n) is 3.01. The molecule has 3 rings (SSSR count). The molecule has 1 heterocycles. The number of hydrogen-bond donors (Lipinski definition) is 2. The minimum absolute atomic E-state index is 0.414. The van der Waals surface area contributed by atoms with Crippen molar-refractivity contribution < 1.29 is 14.3 Å². The Morgan fingerprint density at radius 1 is 1.04 bits per heavy atom. The third kappa shape index (κ3) is 5.56. The summed E-state index contributed by atoms with van der Waals surface area (Å²) in [5.41, 5.74) is 3.94. The highest BCUT2D eigenvalue weighted by atomic mass is 16.5. The van der Waals surface area contributed by atoms with Gasteiger partial charge >= 0.3 is 11.8 Å². The highest BCUT2D eigenvalue weighted by molar-refractivity contribution is 6.39. The van der Waals surface area contributed by atoms with Gasteiger partial charge in [0.2, 0.25) is 0 Å². The van der Waals surface area contributed by atoms with Crippen LogP contribution in [0.1, 0.15) is 11.1 Å². The van der Waals surface area contributed by atoms with E-state index in [1.807, 2.05) is 25.1 Å². The molecule has 1 fully saturated rings. The average molecular weight is 367 g/mol. The van der Waals surface area contributed by atoms with Crippen LogP contribution in [0.25, 0.3) is 0 Å². The lowest BCUT2D eigenvalue weighted by Crippen LogP contribution is -2.36. The van der Waals surface area contributed by atoms with E-state index in [1.165, 1.54) is 5.69 Å². The van der Waals surface area contributed by atoms with E-state index >= 15 is 0 Å². The monoisotopic (exact) mass is 367 g/mol. The van der Waals surface area contributed by atoms with Crippen LogP contribution >= 0.6 is 0 Å². The number of hydrogen-bond acceptors (Lipinski definition) is 4. The van der Waals surface area contributed by atoms with E-state index in [1.54, 1.807) is 6.07 Å². The third-order valence-electron chi connectivity index (χ3n) is 4.49. The van der Waals surface area contributed by atoms with Crippen molar-refractivity contribution in [3.05, 3.63) is 59.7 Å². The number of anilines is 2. The van der Waals surface area contributed by atoms with Gasteiger partial charge < -0.3 is 20.3 Å². The first-order valence-corrected chi connectivity index (χ1v) is 9.19. The number of amides is 2. The first kappa shape index (κ1) is 18.9. The van der Waals surface area contributed by atoms with E-state index in [4.69, 9.17) is 4.74 Å². The Kier molecular flexibility index (Phi) is 6.44. The quantitative estimate of drug-likeness (QED) is 0.795. The Morgan fingerprint density at radius 2 is 1.78 bits per heavy atom. The van der Waals surface area contributed by atoms with Gasteiger partial charge in [0, 0.05) is 31.0 Å². The van der Waals surface area contributed by atoms with Crippen molar-refractivity contribution in [2.45, 2.75) is 13.3 Å². The van der Waals surface area contributed by atoms with E-state index in [0.29, 0.717) is 18.7 Å². The van der Waals surface area contributed by atoms with Gasteiger partial charge in [-0.3, -0.25) is 9.59 Å². The zero-order chi connectivity index (χ0) is 19.1. The summed E-state index contributed by atoms with van der Waals surface area (Å²) in [6.45, 7) is 5.69. The average Bonchev–Trinajstić information content (AvgIpc) is 2.69. The van der Waals surface area contributed by atoms with Gasteiger partial charge in [0.25, 0.3) is 0 Å². The van der Waals surface area contributed by atoms with Crippen LogP contribution in [-0.2, 0) is 20.7 Å². The molecule has 2 aromatic carbocycles. The van der Waals surface area contributed by atoms with Gasteiger partial charge in [-0.15, -0.1) is 0 Å². The maximum Gasteiger partial charge on any atom is 0.313 e. The fourth-order valence-corrected chi connectivity index (χ4v) is 3.01. The van der Waals surface area contributed by atoms with E-state index < -0.39 is 11.8 Å². The molecule has 142 valence electrons. The van der Waals surface area contributed by atoms with Crippen molar-refractivity contribution in [2.24, 2.45) is 0 Å². The normalized spacial score (nSPS) is 13.9. The van der Waals surface area contributed by atoms with Crippen molar-refractivity contribution in [1.29, 1.82) is 0 Å². The second-order valence-electron chi connectivity index (χ2n) is 6.60. The molecule has 27 heavy (non-hydrogen) atoms. The van der Waals surface area contributed by atoms with Gasteiger partial charge in [-0.25, -0.2) is 0 Å². The molecule has 0 aliphatic carbocycles. The number of aryl methyl sites for hydroxylation is 1. The van der Waals surface area contributed by atoms with Crippen molar-refractivity contribution in [3.8, 4) is 0 Å². The summed E-state index contributed by atoms with van der Waals surface area (Å²) in [5.74, 6) is -1.27. The minimum Gasteiger partial charge on any atom is -0.378 e. The molecule has 2 amide bonds. The maximum atomic E-state index is 11.9. The molecule has 6 nitrogen and oxygen atoms in total. The Morgan fingerprint density at radius 3 is 2.48 bits per heavy atom. The number of benzene rings is 2. The molecule has 1 saturated heterocycles. The number of carbonyl (C=O) groups is 2. The van der Waals surface area contributed by atoms with E-state index in [-0.39, 0.29) is 0 Å².